The van der Waals surface area contributed by atoms with Gasteiger partial charge in [0, 0.05) is 32.0 Å². The van der Waals surface area contributed by atoms with Gasteiger partial charge in [0.15, 0.2) is 5.69 Å². The first-order chi connectivity index (χ1) is 14.6. The van der Waals surface area contributed by atoms with Crippen LogP contribution in [0.15, 0.2) is 60.8 Å². The van der Waals surface area contributed by atoms with E-state index in [0.29, 0.717) is 32.6 Å². The Balaban J connectivity index is 1.27. The fraction of sp³-hybridized carbons (Fsp3) is 0.273. The first-order valence-electron chi connectivity index (χ1n) is 9.81. The van der Waals surface area contributed by atoms with Gasteiger partial charge in [0.1, 0.15) is 5.82 Å². The van der Waals surface area contributed by atoms with Crippen LogP contribution in [0.1, 0.15) is 28.0 Å². The number of hydrogen-bond donors (Lipinski definition) is 1. The molecule has 1 atom stereocenters. The van der Waals surface area contributed by atoms with Crippen molar-refractivity contribution < 1.29 is 14.0 Å². The second-order valence-corrected chi connectivity index (χ2v) is 7.47. The van der Waals surface area contributed by atoms with Crippen molar-refractivity contribution in [2.24, 2.45) is 5.92 Å². The summed E-state index contributed by atoms with van der Waals surface area (Å²) in [5.41, 5.74) is 2.16. The lowest BCUT2D eigenvalue weighted by molar-refractivity contribution is -0.128. The van der Waals surface area contributed by atoms with Crippen LogP contribution in [-0.4, -0.2) is 44.8 Å². The lowest BCUT2D eigenvalue weighted by Gasteiger charge is -2.16. The van der Waals surface area contributed by atoms with Gasteiger partial charge in [-0.1, -0.05) is 47.7 Å². The number of rotatable bonds is 7. The molecule has 1 aromatic heterocycles. The van der Waals surface area contributed by atoms with E-state index in [0.717, 1.165) is 11.1 Å². The van der Waals surface area contributed by atoms with E-state index < -0.39 is 0 Å². The van der Waals surface area contributed by atoms with Gasteiger partial charge in [-0.3, -0.25) is 9.59 Å². The minimum atomic E-state index is -0.325. The number of amides is 2. The van der Waals surface area contributed by atoms with Crippen molar-refractivity contribution in [1.29, 1.82) is 0 Å². The van der Waals surface area contributed by atoms with Gasteiger partial charge in [-0.2, -0.15) is 0 Å². The van der Waals surface area contributed by atoms with Crippen molar-refractivity contribution in [3.8, 4) is 0 Å². The summed E-state index contributed by atoms with van der Waals surface area (Å²) in [6.45, 7) is 2.00. The highest BCUT2D eigenvalue weighted by Gasteiger charge is 2.29. The van der Waals surface area contributed by atoms with Crippen LogP contribution in [0, 0.1) is 11.7 Å². The highest BCUT2D eigenvalue weighted by molar-refractivity contribution is 5.91. The molecule has 1 unspecified atom stereocenters. The molecule has 2 amide bonds. The van der Waals surface area contributed by atoms with Crippen LogP contribution in [0.25, 0.3) is 0 Å². The molecule has 0 radical (unpaired) electrons. The van der Waals surface area contributed by atoms with Gasteiger partial charge in [0.05, 0.1) is 12.7 Å². The molecule has 1 aliphatic heterocycles. The number of aromatic nitrogens is 3. The van der Waals surface area contributed by atoms with E-state index in [-0.39, 0.29) is 29.2 Å². The molecule has 0 saturated carbocycles. The molecule has 0 spiro atoms. The largest absolute Gasteiger partial charge is 0.350 e. The maximum absolute atomic E-state index is 13.0. The van der Waals surface area contributed by atoms with E-state index in [1.165, 1.54) is 16.8 Å². The molecule has 4 rings (SSSR count). The van der Waals surface area contributed by atoms with Crippen molar-refractivity contribution in [1.82, 2.24) is 25.2 Å². The van der Waals surface area contributed by atoms with Crippen molar-refractivity contribution in [3.05, 3.63) is 83.4 Å². The van der Waals surface area contributed by atoms with E-state index in [1.807, 2.05) is 35.2 Å². The van der Waals surface area contributed by atoms with Crippen molar-refractivity contribution in [3.63, 3.8) is 0 Å². The Morgan fingerprint density at radius 1 is 1.07 bits per heavy atom. The molecule has 1 aliphatic rings. The number of likely N-dealkylation sites (tertiary alicyclic amines) is 1. The molecule has 30 heavy (non-hydrogen) atoms. The number of carbonyl (C=O) groups excluding carboxylic acids is 2. The standard InChI is InChI=1S/C22H22FN5O2/c23-19-8-6-17(7-9-19)14-28-15-20(25-26-28)22(30)24-11-18-10-21(29)27(13-18)12-16-4-2-1-3-5-16/h1-9,15,18H,10-14H2,(H,24,30). The number of hydrogen-bond acceptors (Lipinski definition) is 4. The Kier molecular flexibility index (Phi) is 5.83. The number of carbonyl (C=O) groups is 2. The normalized spacial score (nSPS) is 16.1. The minimum absolute atomic E-state index is 0.0689. The fourth-order valence-corrected chi connectivity index (χ4v) is 3.53. The van der Waals surface area contributed by atoms with Crippen molar-refractivity contribution in [2.45, 2.75) is 19.5 Å². The Morgan fingerprint density at radius 2 is 1.80 bits per heavy atom. The molecule has 1 saturated heterocycles. The summed E-state index contributed by atoms with van der Waals surface area (Å²) in [5.74, 6) is -0.456. The quantitative estimate of drug-likeness (QED) is 0.652. The van der Waals surface area contributed by atoms with Crippen LogP contribution in [0.5, 0.6) is 0 Å². The second-order valence-electron chi connectivity index (χ2n) is 7.47. The predicted molar refractivity (Wildman–Crippen MR) is 108 cm³/mol. The van der Waals surface area contributed by atoms with Crippen LogP contribution in [-0.2, 0) is 17.9 Å². The Hall–Kier alpha value is -3.55. The molecule has 1 fully saturated rings. The first-order valence-corrected chi connectivity index (χ1v) is 9.81. The van der Waals surface area contributed by atoms with Gasteiger partial charge < -0.3 is 10.2 Å². The first kappa shape index (κ1) is 19.8. The molecule has 2 heterocycles. The highest BCUT2D eigenvalue weighted by Crippen LogP contribution is 2.19. The fourth-order valence-electron chi connectivity index (χ4n) is 3.53. The smallest absolute Gasteiger partial charge is 0.273 e. The van der Waals surface area contributed by atoms with Crippen LogP contribution < -0.4 is 5.32 Å². The number of halogens is 1. The zero-order valence-corrected chi connectivity index (χ0v) is 16.4. The van der Waals surface area contributed by atoms with Gasteiger partial charge in [0.25, 0.3) is 5.91 Å². The lowest BCUT2D eigenvalue weighted by atomic mass is 10.1. The zero-order valence-electron chi connectivity index (χ0n) is 16.4. The predicted octanol–water partition coefficient (Wildman–Crippen LogP) is 2.24. The molecule has 7 nitrogen and oxygen atoms in total. The maximum Gasteiger partial charge on any atom is 0.273 e. The Morgan fingerprint density at radius 3 is 2.57 bits per heavy atom. The summed E-state index contributed by atoms with van der Waals surface area (Å²) in [5, 5.41) is 10.7. The third-order valence-corrected chi connectivity index (χ3v) is 5.09. The molecule has 2 aromatic carbocycles. The minimum Gasteiger partial charge on any atom is -0.350 e. The number of nitrogens with zero attached hydrogens (tertiary/aromatic N) is 4. The van der Waals surface area contributed by atoms with Crippen LogP contribution >= 0.6 is 0 Å². The van der Waals surface area contributed by atoms with Crippen LogP contribution in [0.2, 0.25) is 0 Å². The van der Waals surface area contributed by atoms with Gasteiger partial charge in [-0.15, -0.1) is 5.10 Å². The summed E-state index contributed by atoms with van der Waals surface area (Å²) in [6, 6.07) is 15.9. The number of benzene rings is 2. The summed E-state index contributed by atoms with van der Waals surface area (Å²) < 4.78 is 14.5. The third-order valence-electron chi connectivity index (χ3n) is 5.09. The van der Waals surface area contributed by atoms with Crippen molar-refractivity contribution in [2.75, 3.05) is 13.1 Å². The zero-order chi connectivity index (χ0) is 20.9. The van der Waals surface area contributed by atoms with E-state index in [1.54, 1.807) is 18.3 Å². The lowest BCUT2D eigenvalue weighted by Crippen LogP contribution is -2.31. The summed E-state index contributed by atoms with van der Waals surface area (Å²) >= 11 is 0. The monoisotopic (exact) mass is 407 g/mol. The van der Waals surface area contributed by atoms with E-state index in [9.17, 15) is 14.0 Å². The summed E-state index contributed by atoms with van der Waals surface area (Å²) in [7, 11) is 0. The molecule has 0 bridgehead atoms. The number of nitrogens with one attached hydrogen (secondary N) is 1. The molecule has 3 aromatic rings. The molecule has 154 valence electrons. The van der Waals surface area contributed by atoms with Crippen LogP contribution in [0.4, 0.5) is 4.39 Å². The molecular weight excluding hydrogens is 385 g/mol. The van der Waals surface area contributed by atoms with E-state index in [4.69, 9.17) is 0 Å². The van der Waals surface area contributed by atoms with Gasteiger partial charge >= 0.3 is 0 Å². The molecule has 1 N–H and O–H groups in total. The Bertz CT molecular complexity index is 1020. The Labute approximate surface area is 173 Å². The van der Waals surface area contributed by atoms with Gasteiger partial charge in [-0.05, 0) is 23.3 Å². The molecular formula is C22H22FN5O2. The second kappa shape index (κ2) is 8.86. The summed E-state index contributed by atoms with van der Waals surface area (Å²) in [4.78, 5) is 26.5. The average Bonchev–Trinajstić information content (AvgIpc) is 3.35. The SMILES string of the molecule is O=C(NCC1CC(=O)N(Cc2ccccc2)C1)c1cn(Cc2ccc(F)cc2)nn1. The maximum atomic E-state index is 13.0. The van der Waals surface area contributed by atoms with Crippen molar-refractivity contribution >= 4 is 11.8 Å². The third kappa shape index (κ3) is 4.89. The topological polar surface area (TPSA) is 80.1 Å². The summed E-state index contributed by atoms with van der Waals surface area (Å²) in [6.07, 6.45) is 1.98. The van der Waals surface area contributed by atoms with Gasteiger partial charge in [0.2, 0.25) is 5.91 Å². The van der Waals surface area contributed by atoms with E-state index in [2.05, 4.69) is 15.6 Å². The molecule has 8 heteroatoms. The average molecular weight is 407 g/mol. The van der Waals surface area contributed by atoms with Crippen LogP contribution in [0.3, 0.4) is 0 Å². The van der Waals surface area contributed by atoms with Gasteiger partial charge in [-0.25, -0.2) is 9.07 Å². The highest BCUT2D eigenvalue weighted by atomic mass is 19.1. The molecule has 0 aliphatic carbocycles. The van der Waals surface area contributed by atoms with E-state index >= 15 is 0 Å².